The van der Waals surface area contributed by atoms with Crippen molar-refractivity contribution < 1.29 is 4.79 Å². The highest BCUT2D eigenvalue weighted by atomic mass is 32.2. The Labute approximate surface area is 187 Å². The van der Waals surface area contributed by atoms with E-state index in [0.29, 0.717) is 23.9 Å². The van der Waals surface area contributed by atoms with Crippen LogP contribution >= 0.6 is 34.4 Å². The normalized spacial score (nSPS) is 16.0. The fourth-order valence-electron chi connectivity index (χ4n) is 4.26. The average Bonchev–Trinajstić information content (AvgIpc) is 3.43. The summed E-state index contributed by atoms with van der Waals surface area (Å²) < 4.78 is 0. The van der Waals surface area contributed by atoms with Gasteiger partial charge in [-0.05, 0) is 48.3 Å². The quantitative estimate of drug-likeness (QED) is 0.567. The minimum atomic E-state index is -0.0326. The molecular formula is C21H24N4O2S3. The Balaban J connectivity index is 1.07. The number of aromatic nitrogens is 2. The van der Waals surface area contributed by atoms with Gasteiger partial charge < -0.3 is 10.3 Å². The molecule has 30 heavy (non-hydrogen) atoms. The van der Waals surface area contributed by atoms with Crippen LogP contribution in [0.1, 0.15) is 33.1 Å². The molecule has 1 amide bonds. The lowest BCUT2D eigenvalue weighted by molar-refractivity contribution is -0.118. The number of amides is 1. The topological polar surface area (TPSA) is 78.1 Å². The van der Waals surface area contributed by atoms with Crippen LogP contribution in [-0.4, -0.2) is 46.2 Å². The SMILES string of the molecule is O=C(CSCc1nc2sc3c(c2c(=O)[nH]1)CCC3)NCCN1CCc2sccc2C1. The van der Waals surface area contributed by atoms with Crippen molar-refractivity contribution in [1.82, 2.24) is 20.2 Å². The van der Waals surface area contributed by atoms with Crippen LogP contribution in [0.25, 0.3) is 10.2 Å². The van der Waals surface area contributed by atoms with Gasteiger partial charge in [-0.3, -0.25) is 14.5 Å². The second-order valence-corrected chi connectivity index (χ2v) is 10.9. The third-order valence-electron chi connectivity index (χ3n) is 5.73. The average molecular weight is 461 g/mol. The van der Waals surface area contributed by atoms with Crippen LogP contribution in [0.4, 0.5) is 0 Å². The fraction of sp³-hybridized carbons (Fsp3) is 0.476. The molecule has 9 heteroatoms. The molecule has 3 aromatic rings. The number of hydrogen-bond donors (Lipinski definition) is 2. The maximum absolute atomic E-state index is 12.5. The standard InChI is InChI=1S/C21H24N4O2S3/c26-18(22-6-8-25-7-4-15-13(10-25)5-9-29-15)12-28-11-17-23-20(27)19-14-2-1-3-16(14)30-21(19)24-17/h5,9H,1-4,6-8,10-12H2,(H,22,26)(H,23,24,27). The lowest BCUT2D eigenvalue weighted by Crippen LogP contribution is -2.38. The summed E-state index contributed by atoms with van der Waals surface area (Å²) in [5.41, 5.74) is 2.60. The van der Waals surface area contributed by atoms with Crippen LogP contribution < -0.4 is 10.9 Å². The predicted octanol–water partition coefficient (Wildman–Crippen LogP) is 2.94. The lowest BCUT2D eigenvalue weighted by Gasteiger charge is -2.26. The van der Waals surface area contributed by atoms with Gasteiger partial charge in [-0.2, -0.15) is 0 Å². The lowest BCUT2D eigenvalue weighted by atomic mass is 10.1. The van der Waals surface area contributed by atoms with E-state index in [1.807, 2.05) is 11.3 Å². The summed E-state index contributed by atoms with van der Waals surface area (Å²) in [6.07, 6.45) is 4.29. The molecule has 0 saturated carbocycles. The minimum Gasteiger partial charge on any atom is -0.354 e. The van der Waals surface area contributed by atoms with Crippen molar-refractivity contribution in [1.29, 1.82) is 0 Å². The van der Waals surface area contributed by atoms with Crippen LogP contribution in [-0.2, 0) is 36.4 Å². The van der Waals surface area contributed by atoms with Crippen molar-refractivity contribution >= 4 is 50.6 Å². The number of hydrogen-bond acceptors (Lipinski definition) is 7. The highest BCUT2D eigenvalue weighted by Gasteiger charge is 2.21. The first-order chi connectivity index (χ1) is 14.7. The Morgan fingerprint density at radius 2 is 2.23 bits per heavy atom. The monoisotopic (exact) mass is 460 g/mol. The van der Waals surface area contributed by atoms with E-state index >= 15 is 0 Å². The van der Waals surface area contributed by atoms with Gasteiger partial charge >= 0.3 is 0 Å². The third-order valence-corrected chi connectivity index (χ3v) is 8.89. The Morgan fingerprint density at radius 1 is 1.30 bits per heavy atom. The van der Waals surface area contributed by atoms with E-state index in [1.54, 1.807) is 11.3 Å². The molecule has 0 atom stereocenters. The summed E-state index contributed by atoms with van der Waals surface area (Å²) in [6.45, 7) is 3.59. The molecule has 0 aromatic carbocycles. The molecule has 2 aliphatic rings. The van der Waals surface area contributed by atoms with E-state index in [4.69, 9.17) is 0 Å². The fourth-order valence-corrected chi connectivity index (χ4v) is 7.15. The highest BCUT2D eigenvalue weighted by Crippen LogP contribution is 2.34. The van der Waals surface area contributed by atoms with Crippen LogP contribution in [0.15, 0.2) is 16.2 Å². The summed E-state index contributed by atoms with van der Waals surface area (Å²) in [5, 5.41) is 5.96. The van der Waals surface area contributed by atoms with Gasteiger partial charge in [-0.1, -0.05) is 0 Å². The van der Waals surface area contributed by atoms with Crippen LogP contribution in [0.2, 0.25) is 0 Å². The number of thioether (sulfide) groups is 1. The molecule has 2 N–H and O–H groups in total. The van der Waals surface area contributed by atoms with Gasteiger partial charge in [0.15, 0.2) is 0 Å². The van der Waals surface area contributed by atoms with E-state index < -0.39 is 0 Å². The number of aromatic amines is 1. The molecular weight excluding hydrogens is 436 g/mol. The number of fused-ring (bicyclic) bond motifs is 4. The third kappa shape index (κ3) is 4.21. The van der Waals surface area contributed by atoms with Gasteiger partial charge in [0, 0.05) is 35.9 Å². The van der Waals surface area contributed by atoms with E-state index in [-0.39, 0.29) is 11.5 Å². The van der Waals surface area contributed by atoms with Crippen LogP contribution in [0.3, 0.4) is 0 Å². The zero-order chi connectivity index (χ0) is 20.5. The molecule has 3 aromatic heterocycles. The molecule has 0 radical (unpaired) electrons. The Morgan fingerprint density at radius 3 is 3.17 bits per heavy atom. The number of carbonyl (C=O) groups excluding carboxylic acids is 1. The molecule has 0 unspecified atom stereocenters. The van der Waals surface area contributed by atoms with E-state index in [2.05, 4.69) is 31.6 Å². The van der Waals surface area contributed by atoms with Crippen molar-refractivity contribution in [3.05, 3.63) is 48.5 Å². The molecule has 6 nitrogen and oxygen atoms in total. The zero-order valence-electron chi connectivity index (χ0n) is 16.7. The Hall–Kier alpha value is -1.68. The summed E-state index contributed by atoms with van der Waals surface area (Å²) in [4.78, 5) is 38.3. The summed E-state index contributed by atoms with van der Waals surface area (Å²) in [6, 6.07) is 2.21. The predicted molar refractivity (Wildman–Crippen MR) is 125 cm³/mol. The smallest absolute Gasteiger partial charge is 0.259 e. The minimum absolute atomic E-state index is 0.0326. The van der Waals surface area contributed by atoms with Gasteiger partial charge in [0.25, 0.3) is 5.56 Å². The van der Waals surface area contributed by atoms with E-state index in [0.717, 1.165) is 55.5 Å². The molecule has 0 fully saturated rings. The van der Waals surface area contributed by atoms with Gasteiger partial charge in [-0.25, -0.2) is 4.98 Å². The van der Waals surface area contributed by atoms with E-state index in [9.17, 15) is 9.59 Å². The van der Waals surface area contributed by atoms with Gasteiger partial charge in [-0.15, -0.1) is 34.4 Å². The summed E-state index contributed by atoms with van der Waals surface area (Å²) in [7, 11) is 0. The maximum atomic E-state index is 12.5. The number of carbonyl (C=O) groups is 1. The van der Waals surface area contributed by atoms with Gasteiger partial charge in [0.1, 0.15) is 10.7 Å². The van der Waals surface area contributed by atoms with Crippen molar-refractivity contribution in [3.63, 3.8) is 0 Å². The number of aryl methyl sites for hydroxylation is 2. The molecule has 0 bridgehead atoms. The molecule has 1 aliphatic carbocycles. The molecule has 5 rings (SSSR count). The summed E-state index contributed by atoms with van der Waals surface area (Å²) >= 11 is 4.98. The molecule has 0 saturated heterocycles. The Bertz CT molecular complexity index is 1130. The molecule has 1 aliphatic heterocycles. The van der Waals surface area contributed by atoms with Crippen LogP contribution in [0.5, 0.6) is 0 Å². The van der Waals surface area contributed by atoms with Crippen molar-refractivity contribution in [2.75, 3.05) is 25.4 Å². The molecule has 0 spiro atoms. The second kappa shape index (κ2) is 8.82. The van der Waals surface area contributed by atoms with Crippen LogP contribution in [0, 0.1) is 0 Å². The number of rotatable bonds is 7. The largest absolute Gasteiger partial charge is 0.354 e. The van der Waals surface area contributed by atoms with Crippen molar-refractivity contribution in [3.8, 4) is 0 Å². The number of H-pyrrole nitrogens is 1. The number of nitrogens with zero attached hydrogens (tertiary/aromatic N) is 2. The first-order valence-corrected chi connectivity index (χ1v) is 13.2. The van der Waals surface area contributed by atoms with Crippen molar-refractivity contribution in [2.24, 2.45) is 0 Å². The van der Waals surface area contributed by atoms with Gasteiger partial charge in [0.2, 0.25) is 5.91 Å². The van der Waals surface area contributed by atoms with Crippen molar-refractivity contribution in [2.45, 2.75) is 38.0 Å². The molecule has 158 valence electrons. The number of nitrogens with one attached hydrogen (secondary N) is 2. The Kier molecular flexibility index (Phi) is 5.95. The highest BCUT2D eigenvalue weighted by molar-refractivity contribution is 7.99. The number of thiophene rings is 2. The maximum Gasteiger partial charge on any atom is 0.259 e. The summed E-state index contributed by atoms with van der Waals surface area (Å²) in [5.74, 6) is 1.60. The second-order valence-electron chi connectivity index (χ2n) is 7.79. The molecule has 4 heterocycles. The van der Waals surface area contributed by atoms with E-state index in [1.165, 1.54) is 32.6 Å². The first kappa shape index (κ1) is 20.2. The zero-order valence-corrected chi connectivity index (χ0v) is 19.1. The first-order valence-electron chi connectivity index (χ1n) is 10.3. The van der Waals surface area contributed by atoms with Gasteiger partial charge in [0.05, 0.1) is 16.9 Å².